The molecule has 2 rings (SSSR count). The number of oxime groups is 1. The fourth-order valence-corrected chi connectivity index (χ4v) is 3.18. The van der Waals surface area contributed by atoms with Crippen molar-refractivity contribution in [3.05, 3.63) is 35.4 Å². The van der Waals surface area contributed by atoms with Gasteiger partial charge in [0.2, 0.25) is 0 Å². The summed E-state index contributed by atoms with van der Waals surface area (Å²) in [6.07, 6.45) is 11.1. The maximum absolute atomic E-state index is 9.18. The number of nitrogens with zero attached hydrogens (tertiary/aromatic N) is 1. The summed E-state index contributed by atoms with van der Waals surface area (Å²) in [6.45, 7) is 2.19. The zero-order valence-corrected chi connectivity index (χ0v) is 12.6. The third-order valence-corrected chi connectivity index (χ3v) is 4.46. The Balaban J connectivity index is 1.98. The first-order valence-corrected chi connectivity index (χ1v) is 8.16. The Morgan fingerprint density at radius 2 is 1.80 bits per heavy atom. The molecule has 2 nitrogen and oxygen atoms in total. The Bertz CT molecular complexity index is 416. The lowest BCUT2D eigenvalue weighted by Crippen LogP contribution is -2.06. The van der Waals surface area contributed by atoms with Crippen LogP contribution in [-0.2, 0) is 0 Å². The van der Waals surface area contributed by atoms with Crippen molar-refractivity contribution in [1.29, 1.82) is 0 Å². The van der Waals surface area contributed by atoms with Crippen LogP contribution in [0.15, 0.2) is 29.4 Å². The van der Waals surface area contributed by atoms with E-state index in [0.717, 1.165) is 30.0 Å². The van der Waals surface area contributed by atoms with Crippen LogP contribution in [0.1, 0.15) is 81.8 Å². The molecule has 1 saturated carbocycles. The summed E-state index contributed by atoms with van der Waals surface area (Å²) in [5, 5.41) is 12.7. The molecular weight excluding hydrogens is 246 g/mol. The minimum atomic E-state index is 0.743. The maximum atomic E-state index is 9.18. The largest absolute Gasteiger partial charge is 0.411 e. The van der Waals surface area contributed by atoms with Crippen LogP contribution in [0.5, 0.6) is 0 Å². The molecule has 0 radical (unpaired) electrons. The van der Waals surface area contributed by atoms with Gasteiger partial charge in [-0.25, -0.2) is 0 Å². The molecular formula is C18H27NO. The van der Waals surface area contributed by atoms with E-state index in [2.05, 4.69) is 36.3 Å². The van der Waals surface area contributed by atoms with Gasteiger partial charge in [0.05, 0.1) is 5.71 Å². The van der Waals surface area contributed by atoms with Gasteiger partial charge in [-0.05, 0) is 42.7 Å². The van der Waals surface area contributed by atoms with E-state index in [1.54, 1.807) is 0 Å². The summed E-state index contributed by atoms with van der Waals surface area (Å²) in [7, 11) is 0. The van der Waals surface area contributed by atoms with E-state index in [4.69, 9.17) is 0 Å². The monoisotopic (exact) mass is 273 g/mol. The summed E-state index contributed by atoms with van der Waals surface area (Å²) >= 11 is 0. The van der Waals surface area contributed by atoms with E-state index in [9.17, 15) is 5.21 Å². The van der Waals surface area contributed by atoms with Crippen LogP contribution in [0.2, 0.25) is 0 Å². The van der Waals surface area contributed by atoms with Crippen LogP contribution in [0.3, 0.4) is 0 Å². The molecule has 1 aliphatic carbocycles. The summed E-state index contributed by atoms with van der Waals surface area (Å²) in [5.74, 6) is 0.743. The third kappa shape index (κ3) is 4.09. The van der Waals surface area contributed by atoms with Crippen LogP contribution in [-0.4, -0.2) is 10.9 Å². The second-order valence-electron chi connectivity index (χ2n) is 5.96. The molecule has 0 heterocycles. The van der Waals surface area contributed by atoms with Gasteiger partial charge < -0.3 is 5.21 Å². The molecule has 0 bridgehead atoms. The van der Waals surface area contributed by atoms with Crippen LogP contribution in [0.4, 0.5) is 0 Å². The highest BCUT2D eigenvalue weighted by atomic mass is 16.4. The van der Waals surface area contributed by atoms with Gasteiger partial charge in [0.15, 0.2) is 0 Å². The van der Waals surface area contributed by atoms with E-state index in [0.29, 0.717) is 0 Å². The van der Waals surface area contributed by atoms with Crippen molar-refractivity contribution in [2.75, 3.05) is 0 Å². The highest BCUT2D eigenvalue weighted by Gasteiger charge is 2.15. The van der Waals surface area contributed by atoms with Crippen molar-refractivity contribution >= 4 is 5.71 Å². The van der Waals surface area contributed by atoms with E-state index in [1.165, 1.54) is 50.5 Å². The summed E-state index contributed by atoms with van der Waals surface area (Å²) < 4.78 is 0. The lowest BCUT2D eigenvalue weighted by atomic mass is 9.84. The topological polar surface area (TPSA) is 32.6 Å². The standard InChI is InChI=1S/C18H27NO/c1-2-3-5-10-18(19-20)17-13-11-16(12-14-17)15-8-6-4-7-9-15/h11-15,20H,2-10H2,1H3/b19-18+. The normalized spacial score (nSPS) is 17.4. The van der Waals surface area contributed by atoms with Gasteiger partial charge in [0, 0.05) is 0 Å². The predicted octanol–water partition coefficient (Wildman–Crippen LogP) is 5.49. The molecule has 0 aromatic heterocycles. The van der Waals surface area contributed by atoms with Crippen LogP contribution in [0.25, 0.3) is 0 Å². The quantitative estimate of drug-likeness (QED) is 0.316. The second kappa shape index (κ2) is 8.08. The Hall–Kier alpha value is -1.31. The first-order valence-electron chi connectivity index (χ1n) is 8.16. The number of rotatable bonds is 6. The van der Waals surface area contributed by atoms with Crippen molar-refractivity contribution in [1.82, 2.24) is 0 Å². The molecule has 1 aromatic rings. The maximum Gasteiger partial charge on any atom is 0.0867 e. The Labute approximate surface area is 122 Å². The number of benzene rings is 1. The van der Waals surface area contributed by atoms with Gasteiger partial charge in [-0.2, -0.15) is 0 Å². The molecule has 0 unspecified atom stereocenters. The van der Waals surface area contributed by atoms with Gasteiger partial charge in [-0.3, -0.25) is 0 Å². The fraction of sp³-hybridized carbons (Fsp3) is 0.611. The summed E-state index contributed by atoms with van der Waals surface area (Å²) in [5.41, 5.74) is 3.36. The summed E-state index contributed by atoms with van der Waals surface area (Å²) in [4.78, 5) is 0. The highest BCUT2D eigenvalue weighted by molar-refractivity contribution is 6.00. The van der Waals surface area contributed by atoms with Crippen molar-refractivity contribution in [2.45, 2.75) is 70.6 Å². The zero-order valence-electron chi connectivity index (χ0n) is 12.6. The molecule has 2 heteroatoms. The van der Waals surface area contributed by atoms with E-state index in [1.807, 2.05) is 0 Å². The first-order chi connectivity index (χ1) is 9.85. The van der Waals surface area contributed by atoms with Crippen molar-refractivity contribution in [3.63, 3.8) is 0 Å². The second-order valence-corrected chi connectivity index (χ2v) is 5.96. The summed E-state index contributed by atoms with van der Waals surface area (Å²) in [6, 6.07) is 8.72. The average Bonchev–Trinajstić information content (AvgIpc) is 2.53. The first kappa shape index (κ1) is 15.1. The molecule has 1 fully saturated rings. The van der Waals surface area contributed by atoms with E-state index >= 15 is 0 Å². The molecule has 0 aliphatic heterocycles. The Morgan fingerprint density at radius 3 is 2.40 bits per heavy atom. The Kier molecular flexibility index (Phi) is 6.10. The Morgan fingerprint density at radius 1 is 1.10 bits per heavy atom. The van der Waals surface area contributed by atoms with Crippen LogP contribution < -0.4 is 0 Å². The predicted molar refractivity (Wildman–Crippen MR) is 84.7 cm³/mol. The van der Waals surface area contributed by atoms with Crippen molar-refractivity contribution in [2.24, 2.45) is 5.16 Å². The van der Waals surface area contributed by atoms with Gasteiger partial charge in [0.1, 0.15) is 0 Å². The highest BCUT2D eigenvalue weighted by Crippen LogP contribution is 2.32. The zero-order chi connectivity index (χ0) is 14.2. The van der Waals surface area contributed by atoms with Crippen molar-refractivity contribution in [3.8, 4) is 0 Å². The van der Waals surface area contributed by atoms with Gasteiger partial charge in [-0.15, -0.1) is 0 Å². The van der Waals surface area contributed by atoms with Crippen LogP contribution >= 0.6 is 0 Å². The van der Waals surface area contributed by atoms with Crippen LogP contribution in [0, 0.1) is 0 Å². The molecule has 0 spiro atoms. The smallest absolute Gasteiger partial charge is 0.0867 e. The van der Waals surface area contributed by atoms with E-state index < -0.39 is 0 Å². The number of hydrogen-bond acceptors (Lipinski definition) is 2. The minimum Gasteiger partial charge on any atom is -0.411 e. The molecule has 1 aliphatic rings. The lowest BCUT2D eigenvalue weighted by molar-refractivity contribution is 0.317. The molecule has 0 saturated heterocycles. The fourth-order valence-electron chi connectivity index (χ4n) is 3.18. The third-order valence-electron chi connectivity index (χ3n) is 4.46. The minimum absolute atomic E-state index is 0.743. The SMILES string of the molecule is CCCCC/C(=N\O)c1ccc(C2CCCCC2)cc1. The molecule has 20 heavy (non-hydrogen) atoms. The average molecular weight is 273 g/mol. The lowest BCUT2D eigenvalue weighted by Gasteiger charge is -2.22. The molecule has 1 aromatic carbocycles. The number of unbranched alkanes of at least 4 members (excludes halogenated alkanes) is 2. The van der Waals surface area contributed by atoms with Crippen molar-refractivity contribution < 1.29 is 5.21 Å². The molecule has 1 N–H and O–H groups in total. The van der Waals surface area contributed by atoms with E-state index in [-0.39, 0.29) is 0 Å². The van der Waals surface area contributed by atoms with Gasteiger partial charge in [0.25, 0.3) is 0 Å². The number of hydrogen-bond donors (Lipinski definition) is 1. The molecule has 0 amide bonds. The van der Waals surface area contributed by atoms with Gasteiger partial charge >= 0.3 is 0 Å². The van der Waals surface area contributed by atoms with Gasteiger partial charge in [-0.1, -0.05) is 68.4 Å². The molecule has 0 atom stereocenters. The molecule has 110 valence electrons.